The maximum Gasteiger partial charge on any atom is 0.243 e. The van der Waals surface area contributed by atoms with Gasteiger partial charge in [-0.15, -0.1) is 0 Å². The molecule has 1 amide bonds. The van der Waals surface area contributed by atoms with Crippen molar-refractivity contribution in [3.05, 3.63) is 30.1 Å². The highest BCUT2D eigenvalue weighted by Gasteiger charge is 2.60. The van der Waals surface area contributed by atoms with Gasteiger partial charge in [0, 0.05) is 5.69 Å². The van der Waals surface area contributed by atoms with Gasteiger partial charge in [-0.25, -0.2) is 4.39 Å². The van der Waals surface area contributed by atoms with Crippen LogP contribution in [0, 0.1) is 29.5 Å². The lowest BCUT2D eigenvalue weighted by atomic mass is 9.48. The Bertz CT molecular complexity index is 541. The number of hydrogen-bond acceptors (Lipinski definition) is 2. The van der Waals surface area contributed by atoms with Gasteiger partial charge in [-0.1, -0.05) is 0 Å². The van der Waals surface area contributed by atoms with Gasteiger partial charge in [-0.3, -0.25) is 4.79 Å². The van der Waals surface area contributed by atoms with E-state index in [4.69, 9.17) is 5.73 Å². The van der Waals surface area contributed by atoms with Gasteiger partial charge < -0.3 is 11.1 Å². The summed E-state index contributed by atoms with van der Waals surface area (Å²) in [6, 6.07) is 6.25. The molecule has 21 heavy (non-hydrogen) atoms. The molecule has 0 unspecified atom stereocenters. The van der Waals surface area contributed by atoms with Gasteiger partial charge in [0.25, 0.3) is 0 Å². The minimum atomic E-state index is -0.634. The summed E-state index contributed by atoms with van der Waals surface area (Å²) in [7, 11) is 0. The molecule has 4 bridgehead atoms. The molecule has 4 aliphatic carbocycles. The average Bonchev–Trinajstić information content (AvgIpc) is 2.44. The number of anilines is 1. The number of primary amides is 1. The Morgan fingerprint density at radius 1 is 1.05 bits per heavy atom. The number of amides is 1. The minimum Gasteiger partial charge on any atom is -0.371 e. The van der Waals surface area contributed by atoms with E-state index < -0.39 is 5.54 Å². The van der Waals surface area contributed by atoms with Crippen LogP contribution in [0.25, 0.3) is 0 Å². The standard InChI is InChI=1S/C17H21FN2O/c18-14-1-3-15(4-2-14)20-17(16(19)21)12-6-10-5-11(8-12)9-13(17)7-10/h1-4,10-13,20H,5-9H2,(H2,19,21). The monoisotopic (exact) mass is 288 g/mol. The minimum absolute atomic E-state index is 0.236. The van der Waals surface area contributed by atoms with Crippen molar-refractivity contribution in [1.29, 1.82) is 0 Å². The van der Waals surface area contributed by atoms with E-state index in [1.54, 1.807) is 12.1 Å². The average molecular weight is 288 g/mol. The smallest absolute Gasteiger partial charge is 0.243 e. The Kier molecular flexibility index (Phi) is 2.78. The van der Waals surface area contributed by atoms with Crippen LogP contribution >= 0.6 is 0 Å². The molecule has 5 rings (SSSR count). The van der Waals surface area contributed by atoms with E-state index in [1.807, 2.05) is 0 Å². The lowest BCUT2D eigenvalue weighted by molar-refractivity contribution is -0.136. The molecule has 4 aliphatic rings. The van der Waals surface area contributed by atoms with E-state index in [-0.39, 0.29) is 11.7 Å². The van der Waals surface area contributed by atoms with Crippen LogP contribution in [0.2, 0.25) is 0 Å². The maximum atomic E-state index is 13.1. The number of rotatable bonds is 3. The summed E-state index contributed by atoms with van der Waals surface area (Å²) in [5.74, 6) is 1.71. The van der Waals surface area contributed by atoms with Crippen molar-refractivity contribution in [2.45, 2.75) is 37.6 Å². The number of nitrogens with two attached hydrogens (primary N) is 1. The molecule has 0 aliphatic heterocycles. The van der Waals surface area contributed by atoms with Crippen molar-refractivity contribution in [1.82, 2.24) is 0 Å². The summed E-state index contributed by atoms with van der Waals surface area (Å²) in [5, 5.41) is 3.42. The Morgan fingerprint density at radius 2 is 1.57 bits per heavy atom. The Hall–Kier alpha value is -1.58. The van der Waals surface area contributed by atoms with Crippen LogP contribution in [-0.2, 0) is 4.79 Å². The summed E-state index contributed by atoms with van der Waals surface area (Å²) >= 11 is 0. The number of hydrogen-bond donors (Lipinski definition) is 2. The fourth-order valence-electron chi connectivity index (χ4n) is 5.37. The van der Waals surface area contributed by atoms with E-state index >= 15 is 0 Å². The van der Waals surface area contributed by atoms with Crippen molar-refractivity contribution in [2.24, 2.45) is 29.4 Å². The molecule has 1 aromatic rings. The molecular weight excluding hydrogens is 267 g/mol. The summed E-state index contributed by atoms with van der Waals surface area (Å²) in [5.41, 5.74) is 6.02. The predicted octanol–water partition coefficient (Wildman–Crippen LogP) is 2.92. The third-order valence-electron chi connectivity index (χ3n) is 6.03. The van der Waals surface area contributed by atoms with E-state index in [0.29, 0.717) is 11.8 Å². The molecule has 4 fully saturated rings. The molecule has 0 saturated heterocycles. The van der Waals surface area contributed by atoms with Gasteiger partial charge in [-0.2, -0.15) is 0 Å². The zero-order chi connectivity index (χ0) is 14.6. The fraction of sp³-hybridized carbons (Fsp3) is 0.588. The van der Waals surface area contributed by atoms with Gasteiger partial charge in [-0.05, 0) is 80.0 Å². The first-order chi connectivity index (χ1) is 10.1. The molecule has 0 radical (unpaired) electrons. The third kappa shape index (κ3) is 1.88. The van der Waals surface area contributed by atoms with Gasteiger partial charge >= 0.3 is 0 Å². The van der Waals surface area contributed by atoms with Gasteiger partial charge in [0.05, 0.1) is 0 Å². The summed E-state index contributed by atoms with van der Waals surface area (Å²) < 4.78 is 13.1. The second kappa shape index (κ2) is 4.46. The Morgan fingerprint density at radius 3 is 2.05 bits per heavy atom. The highest BCUT2D eigenvalue weighted by atomic mass is 19.1. The Labute approximate surface area is 124 Å². The molecule has 0 spiro atoms. The van der Waals surface area contributed by atoms with Crippen molar-refractivity contribution < 1.29 is 9.18 Å². The first kappa shape index (κ1) is 13.1. The fourth-order valence-corrected chi connectivity index (χ4v) is 5.37. The molecule has 0 aromatic heterocycles. The van der Waals surface area contributed by atoms with E-state index in [2.05, 4.69) is 5.32 Å². The van der Waals surface area contributed by atoms with Crippen LogP contribution in [0.4, 0.5) is 10.1 Å². The van der Waals surface area contributed by atoms with Crippen LogP contribution in [0.1, 0.15) is 32.1 Å². The molecule has 112 valence electrons. The van der Waals surface area contributed by atoms with Crippen molar-refractivity contribution in [3.63, 3.8) is 0 Å². The Balaban J connectivity index is 1.70. The topological polar surface area (TPSA) is 55.1 Å². The molecule has 3 N–H and O–H groups in total. The first-order valence-electron chi connectivity index (χ1n) is 7.91. The van der Waals surface area contributed by atoms with Gasteiger partial charge in [0.1, 0.15) is 11.4 Å². The van der Waals surface area contributed by atoms with Gasteiger partial charge in [0.2, 0.25) is 5.91 Å². The summed E-state index contributed by atoms with van der Waals surface area (Å²) in [6.45, 7) is 0. The third-order valence-corrected chi connectivity index (χ3v) is 6.03. The van der Waals surface area contributed by atoms with Crippen LogP contribution in [-0.4, -0.2) is 11.4 Å². The highest BCUT2D eigenvalue weighted by molar-refractivity contribution is 5.89. The van der Waals surface area contributed by atoms with Crippen molar-refractivity contribution in [3.8, 4) is 0 Å². The second-order valence-electron chi connectivity index (χ2n) is 7.17. The highest BCUT2D eigenvalue weighted by Crippen LogP contribution is 2.59. The van der Waals surface area contributed by atoms with Crippen LogP contribution in [0.5, 0.6) is 0 Å². The van der Waals surface area contributed by atoms with E-state index in [0.717, 1.165) is 43.2 Å². The zero-order valence-electron chi connectivity index (χ0n) is 12.0. The number of carbonyl (C=O) groups excluding carboxylic acids is 1. The van der Waals surface area contributed by atoms with Crippen LogP contribution in [0.15, 0.2) is 24.3 Å². The number of halogens is 1. The maximum absolute atomic E-state index is 13.1. The van der Waals surface area contributed by atoms with E-state index in [1.165, 1.54) is 18.6 Å². The predicted molar refractivity (Wildman–Crippen MR) is 79.0 cm³/mol. The van der Waals surface area contributed by atoms with Crippen molar-refractivity contribution >= 4 is 11.6 Å². The molecule has 4 heteroatoms. The number of nitrogens with one attached hydrogen (secondary N) is 1. The largest absolute Gasteiger partial charge is 0.371 e. The normalized spacial score (nSPS) is 40.2. The van der Waals surface area contributed by atoms with E-state index in [9.17, 15) is 9.18 Å². The number of carbonyl (C=O) groups is 1. The molecular formula is C17H21FN2O. The molecule has 3 nitrogen and oxygen atoms in total. The van der Waals surface area contributed by atoms with Crippen LogP contribution in [0.3, 0.4) is 0 Å². The van der Waals surface area contributed by atoms with Gasteiger partial charge in [0.15, 0.2) is 0 Å². The molecule has 1 aromatic carbocycles. The molecule has 0 atom stereocenters. The lowest BCUT2D eigenvalue weighted by Gasteiger charge is -2.60. The molecule has 0 heterocycles. The van der Waals surface area contributed by atoms with Crippen LogP contribution < -0.4 is 11.1 Å². The lowest BCUT2D eigenvalue weighted by Crippen LogP contribution is -2.67. The first-order valence-corrected chi connectivity index (χ1v) is 7.91. The zero-order valence-corrected chi connectivity index (χ0v) is 12.0. The number of benzene rings is 1. The summed E-state index contributed by atoms with van der Waals surface area (Å²) in [6.07, 6.45) is 5.74. The van der Waals surface area contributed by atoms with Crippen molar-refractivity contribution in [2.75, 3.05) is 5.32 Å². The second-order valence-corrected chi connectivity index (χ2v) is 7.17. The molecule has 4 saturated carbocycles. The summed E-state index contributed by atoms with van der Waals surface area (Å²) in [4.78, 5) is 12.4. The quantitative estimate of drug-likeness (QED) is 0.898. The SMILES string of the molecule is NC(=O)C1(Nc2ccc(F)cc2)C2CC3CC(C2)CC1C3.